The van der Waals surface area contributed by atoms with Gasteiger partial charge in [0.05, 0.1) is 24.8 Å². The second kappa shape index (κ2) is 5.47. The molecule has 4 rings (SSSR count). The fourth-order valence-electron chi connectivity index (χ4n) is 3.14. The highest BCUT2D eigenvalue weighted by Gasteiger charge is 2.22. The molecule has 0 bridgehead atoms. The van der Waals surface area contributed by atoms with Crippen molar-refractivity contribution in [2.75, 3.05) is 13.7 Å². The Morgan fingerprint density at radius 3 is 2.74 bits per heavy atom. The van der Waals surface area contributed by atoms with Gasteiger partial charge in [0.15, 0.2) is 5.43 Å². The maximum Gasteiger partial charge on any atom is 0.205 e. The number of rotatable bonds is 2. The van der Waals surface area contributed by atoms with Crippen molar-refractivity contribution in [2.45, 2.75) is 12.8 Å². The topological polar surface area (TPSA) is 40.5 Å². The van der Waals surface area contributed by atoms with Crippen molar-refractivity contribution in [1.82, 2.24) is 4.57 Å². The third-order valence-corrected chi connectivity index (χ3v) is 4.25. The molecule has 0 amide bonds. The molecule has 1 aliphatic heterocycles. The zero-order valence-electron chi connectivity index (χ0n) is 12.9. The van der Waals surface area contributed by atoms with Crippen molar-refractivity contribution >= 4 is 10.9 Å². The average Bonchev–Trinajstić information content (AvgIpc) is 2.62. The van der Waals surface area contributed by atoms with Crippen LogP contribution in [0.5, 0.6) is 11.6 Å². The van der Waals surface area contributed by atoms with Crippen LogP contribution in [-0.4, -0.2) is 18.3 Å². The van der Waals surface area contributed by atoms with E-state index < -0.39 is 0 Å². The van der Waals surface area contributed by atoms with Gasteiger partial charge in [-0.1, -0.05) is 18.2 Å². The van der Waals surface area contributed by atoms with Crippen LogP contribution in [0.15, 0.2) is 53.3 Å². The number of nitrogens with zero attached hydrogens (tertiary/aromatic N) is 1. The van der Waals surface area contributed by atoms with Crippen molar-refractivity contribution < 1.29 is 9.47 Å². The van der Waals surface area contributed by atoms with Gasteiger partial charge in [-0.25, -0.2) is 0 Å². The molecule has 0 aliphatic carbocycles. The molecule has 1 aromatic heterocycles. The zero-order chi connectivity index (χ0) is 15.8. The summed E-state index contributed by atoms with van der Waals surface area (Å²) in [5, 5.41) is 0.693. The molecule has 0 saturated heterocycles. The first-order chi connectivity index (χ1) is 11.3. The number of fused-ring (bicyclic) bond motifs is 2. The van der Waals surface area contributed by atoms with E-state index >= 15 is 0 Å². The first-order valence-corrected chi connectivity index (χ1v) is 7.73. The normalized spacial score (nSPS) is 13.4. The second-order valence-corrected chi connectivity index (χ2v) is 5.62. The van der Waals surface area contributed by atoms with E-state index in [1.54, 1.807) is 7.11 Å². The highest BCUT2D eigenvalue weighted by molar-refractivity contribution is 5.84. The fraction of sp³-hybridized carbons (Fsp3) is 0.211. The minimum atomic E-state index is 0.0598. The lowest BCUT2D eigenvalue weighted by molar-refractivity contribution is 0.270. The van der Waals surface area contributed by atoms with E-state index in [1.165, 1.54) is 0 Å². The number of benzene rings is 2. The van der Waals surface area contributed by atoms with Crippen LogP contribution in [0.3, 0.4) is 0 Å². The lowest BCUT2D eigenvalue weighted by Crippen LogP contribution is -2.23. The molecule has 0 atom stereocenters. The summed E-state index contributed by atoms with van der Waals surface area (Å²) in [4.78, 5) is 12.8. The molecule has 23 heavy (non-hydrogen) atoms. The smallest absolute Gasteiger partial charge is 0.205 e. The Bertz CT molecular complexity index is 929. The Morgan fingerprint density at radius 2 is 1.96 bits per heavy atom. The van der Waals surface area contributed by atoms with Crippen LogP contribution in [0.1, 0.15) is 12.0 Å². The third-order valence-electron chi connectivity index (χ3n) is 4.25. The van der Waals surface area contributed by atoms with Crippen molar-refractivity contribution in [3.63, 3.8) is 0 Å². The largest absolute Gasteiger partial charge is 0.497 e. The van der Waals surface area contributed by atoms with Crippen molar-refractivity contribution in [3.05, 3.63) is 64.3 Å². The van der Waals surface area contributed by atoms with E-state index in [4.69, 9.17) is 9.47 Å². The molecule has 0 fully saturated rings. The van der Waals surface area contributed by atoms with Gasteiger partial charge in [0.2, 0.25) is 5.88 Å². The Morgan fingerprint density at radius 1 is 1.13 bits per heavy atom. The first kappa shape index (κ1) is 13.9. The van der Waals surface area contributed by atoms with Crippen LogP contribution in [0.4, 0.5) is 0 Å². The molecule has 2 heterocycles. The summed E-state index contributed by atoms with van der Waals surface area (Å²) in [7, 11) is 1.63. The van der Waals surface area contributed by atoms with Crippen molar-refractivity contribution in [2.24, 2.45) is 0 Å². The third kappa shape index (κ3) is 2.18. The Kier molecular flexibility index (Phi) is 3.30. The summed E-state index contributed by atoms with van der Waals surface area (Å²) in [5.74, 6) is 1.38. The summed E-state index contributed by atoms with van der Waals surface area (Å²) < 4.78 is 13.3. The number of aromatic nitrogens is 1. The van der Waals surface area contributed by atoms with Crippen LogP contribution in [0.2, 0.25) is 0 Å². The first-order valence-electron chi connectivity index (χ1n) is 7.73. The minimum absolute atomic E-state index is 0.0598. The Labute approximate surface area is 133 Å². The van der Waals surface area contributed by atoms with Crippen molar-refractivity contribution in [1.29, 1.82) is 0 Å². The molecule has 3 aromatic rings. The Balaban J connectivity index is 2.16. The lowest BCUT2D eigenvalue weighted by atomic mass is 10.0. The molecular weight excluding hydrogens is 290 g/mol. The lowest BCUT2D eigenvalue weighted by Gasteiger charge is -2.24. The van der Waals surface area contributed by atoms with Gasteiger partial charge < -0.3 is 9.47 Å². The van der Waals surface area contributed by atoms with Gasteiger partial charge in [-0.05, 0) is 37.1 Å². The average molecular weight is 307 g/mol. The van der Waals surface area contributed by atoms with E-state index in [9.17, 15) is 4.79 Å². The van der Waals surface area contributed by atoms with E-state index in [1.807, 2.05) is 53.1 Å². The van der Waals surface area contributed by atoms with Crippen LogP contribution in [0, 0.1) is 0 Å². The van der Waals surface area contributed by atoms with E-state index in [0.717, 1.165) is 35.4 Å². The molecule has 0 N–H and O–H groups in total. The highest BCUT2D eigenvalue weighted by atomic mass is 16.5. The molecule has 0 saturated carbocycles. The molecule has 2 aromatic carbocycles. The zero-order valence-corrected chi connectivity index (χ0v) is 12.9. The van der Waals surface area contributed by atoms with E-state index in [2.05, 4.69) is 0 Å². The van der Waals surface area contributed by atoms with Crippen LogP contribution in [0.25, 0.3) is 16.6 Å². The number of hydrogen-bond acceptors (Lipinski definition) is 3. The predicted octanol–water partition coefficient (Wildman–Crippen LogP) is 3.32. The van der Waals surface area contributed by atoms with Crippen LogP contribution >= 0.6 is 0 Å². The maximum absolute atomic E-state index is 12.8. The molecular formula is C19H17NO3. The standard InChI is InChI=1S/C19H17NO3/c1-22-14-9-10-15-17(12-14)20(13-6-3-2-4-7-13)19-16(18(15)21)8-5-11-23-19/h2-4,6-7,9-10,12H,5,8,11H2,1H3. The minimum Gasteiger partial charge on any atom is -0.497 e. The fourth-order valence-corrected chi connectivity index (χ4v) is 3.14. The molecule has 0 unspecified atom stereocenters. The van der Waals surface area contributed by atoms with Crippen LogP contribution in [-0.2, 0) is 6.42 Å². The monoisotopic (exact) mass is 307 g/mol. The summed E-state index contributed by atoms with van der Waals surface area (Å²) in [5.41, 5.74) is 2.60. The predicted molar refractivity (Wildman–Crippen MR) is 89.9 cm³/mol. The van der Waals surface area contributed by atoms with Gasteiger partial charge in [-0.3, -0.25) is 9.36 Å². The van der Waals surface area contributed by atoms with Gasteiger partial charge in [-0.2, -0.15) is 0 Å². The van der Waals surface area contributed by atoms with Crippen molar-refractivity contribution in [3.8, 4) is 17.3 Å². The Hall–Kier alpha value is -2.75. The number of methoxy groups -OCH3 is 1. The van der Waals surface area contributed by atoms with Gasteiger partial charge in [0.25, 0.3) is 0 Å². The van der Waals surface area contributed by atoms with Crippen LogP contribution < -0.4 is 14.9 Å². The molecule has 0 spiro atoms. The summed E-state index contributed by atoms with van der Waals surface area (Å²) in [6.07, 6.45) is 1.63. The summed E-state index contributed by atoms with van der Waals surface area (Å²) in [6, 6.07) is 15.5. The quantitative estimate of drug-likeness (QED) is 0.729. The number of pyridine rings is 1. The highest BCUT2D eigenvalue weighted by Crippen LogP contribution is 2.31. The summed E-state index contributed by atoms with van der Waals surface area (Å²) >= 11 is 0. The number of para-hydroxylation sites is 1. The summed E-state index contributed by atoms with van der Waals surface area (Å²) in [6.45, 7) is 0.634. The van der Waals surface area contributed by atoms with Gasteiger partial charge in [-0.15, -0.1) is 0 Å². The van der Waals surface area contributed by atoms with Gasteiger partial charge in [0, 0.05) is 17.1 Å². The number of hydrogen-bond donors (Lipinski definition) is 0. The van der Waals surface area contributed by atoms with E-state index in [0.29, 0.717) is 17.9 Å². The molecule has 1 aliphatic rings. The molecule has 0 radical (unpaired) electrons. The SMILES string of the molecule is COc1ccc2c(=O)c3c(n(-c4ccccc4)c2c1)OCCC3. The second-order valence-electron chi connectivity index (χ2n) is 5.62. The number of ether oxygens (including phenoxy) is 2. The van der Waals surface area contributed by atoms with Gasteiger partial charge in [0.1, 0.15) is 5.75 Å². The molecule has 4 nitrogen and oxygen atoms in total. The van der Waals surface area contributed by atoms with Gasteiger partial charge >= 0.3 is 0 Å². The maximum atomic E-state index is 12.8. The molecule has 4 heteroatoms. The van der Waals surface area contributed by atoms with E-state index in [-0.39, 0.29) is 5.43 Å². The molecule has 116 valence electrons.